The number of hydrogen-bond donors (Lipinski definition) is 6. The highest BCUT2D eigenvalue weighted by Gasteiger charge is 2.47. The summed E-state index contributed by atoms with van der Waals surface area (Å²) in [5.74, 6) is -1.21. The summed E-state index contributed by atoms with van der Waals surface area (Å²) in [6, 6.07) is -1.03. The van der Waals surface area contributed by atoms with E-state index in [1.807, 2.05) is 6.08 Å². The number of aliphatic hydroxyl groups excluding tert-OH is 5. The smallest absolute Gasteiger partial charge is 0.306 e. The monoisotopic (exact) mass is 1060 g/mol. The maximum atomic E-state index is 13.4. The molecule has 0 aromatic heterocycles. The molecule has 0 radical (unpaired) electrons. The fourth-order valence-electron chi connectivity index (χ4n) is 9.44. The summed E-state index contributed by atoms with van der Waals surface area (Å²) in [6.07, 6.45) is 53.9. The molecular weight excluding hydrogens is 943 g/mol. The van der Waals surface area contributed by atoms with E-state index in [0.717, 1.165) is 96.3 Å². The summed E-state index contributed by atoms with van der Waals surface area (Å²) in [4.78, 5) is 26.5. The van der Waals surface area contributed by atoms with Gasteiger partial charge >= 0.3 is 5.97 Å². The quantitative estimate of drug-likeness (QED) is 0.0149. The Morgan fingerprint density at radius 3 is 1.47 bits per heavy atom. The molecule has 1 aliphatic heterocycles. The zero-order valence-corrected chi connectivity index (χ0v) is 48.2. The predicted molar refractivity (Wildman–Crippen MR) is 310 cm³/mol. The molecule has 75 heavy (non-hydrogen) atoms. The first-order valence-electron chi connectivity index (χ1n) is 31.1. The second-order valence-electron chi connectivity index (χ2n) is 21.5. The van der Waals surface area contributed by atoms with Crippen molar-refractivity contribution in [3.8, 4) is 0 Å². The van der Waals surface area contributed by atoms with Gasteiger partial charge in [0.1, 0.15) is 24.4 Å². The minimum Gasteiger partial charge on any atom is -0.454 e. The molecule has 1 amide bonds. The zero-order chi connectivity index (χ0) is 54.7. The highest BCUT2D eigenvalue weighted by atomic mass is 16.7. The van der Waals surface area contributed by atoms with Gasteiger partial charge in [-0.3, -0.25) is 9.59 Å². The Kier molecular flexibility index (Phi) is 48.9. The molecule has 0 bridgehead atoms. The summed E-state index contributed by atoms with van der Waals surface area (Å²) < 4.78 is 17.6. The molecule has 8 unspecified atom stereocenters. The number of unbranched alkanes of at least 4 members (excludes halogenated alkanes) is 31. The second kappa shape index (κ2) is 52.1. The predicted octanol–water partition coefficient (Wildman–Crippen LogP) is 14.6. The van der Waals surface area contributed by atoms with Crippen molar-refractivity contribution >= 4 is 11.9 Å². The lowest BCUT2D eigenvalue weighted by Crippen LogP contribution is -2.61. The minimum atomic E-state index is -1.62. The average Bonchev–Trinajstić information content (AvgIpc) is 3.41. The molecule has 1 fully saturated rings. The Hall–Kier alpha value is -2.64. The van der Waals surface area contributed by atoms with Crippen molar-refractivity contribution in [3.63, 3.8) is 0 Å². The van der Waals surface area contributed by atoms with E-state index in [2.05, 4.69) is 74.7 Å². The number of esters is 1. The number of aliphatic hydroxyl groups is 5. The van der Waals surface area contributed by atoms with E-state index in [1.54, 1.807) is 6.08 Å². The van der Waals surface area contributed by atoms with E-state index < -0.39 is 67.4 Å². The largest absolute Gasteiger partial charge is 0.454 e. The number of nitrogens with one attached hydrogen (secondary N) is 1. The highest BCUT2D eigenvalue weighted by molar-refractivity contribution is 5.80. The van der Waals surface area contributed by atoms with Crippen LogP contribution in [-0.2, 0) is 23.8 Å². The molecule has 0 aromatic rings. The lowest BCUT2D eigenvalue weighted by molar-refractivity contribution is -0.305. The molecule has 0 spiro atoms. The van der Waals surface area contributed by atoms with E-state index in [9.17, 15) is 35.1 Å². The number of carbonyl (C=O) groups excluding carboxylic acids is 2. The molecule has 1 aliphatic rings. The number of ether oxygens (including phenoxy) is 3. The van der Waals surface area contributed by atoms with Crippen molar-refractivity contribution in [2.75, 3.05) is 13.2 Å². The van der Waals surface area contributed by atoms with Crippen molar-refractivity contribution in [2.45, 2.75) is 320 Å². The molecule has 0 aromatic carbocycles. The third kappa shape index (κ3) is 40.2. The molecule has 0 aliphatic carbocycles. The van der Waals surface area contributed by atoms with Crippen molar-refractivity contribution < 1.29 is 49.3 Å². The van der Waals surface area contributed by atoms with Gasteiger partial charge in [0.05, 0.1) is 25.4 Å². The van der Waals surface area contributed by atoms with Crippen molar-refractivity contribution in [1.82, 2.24) is 5.32 Å². The molecule has 0 saturated carbocycles. The van der Waals surface area contributed by atoms with Crippen molar-refractivity contribution in [1.29, 1.82) is 0 Å². The van der Waals surface area contributed by atoms with E-state index >= 15 is 0 Å². The van der Waals surface area contributed by atoms with E-state index in [0.29, 0.717) is 12.8 Å². The van der Waals surface area contributed by atoms with Crippen LogP contribution in [0.2, 0.25) is 0 Å². The number of rotatable bonds is 52. The Morgan fingerprint density at radius 1 is 0.533 bits per heavy atom. The molecule has 1 heterocycles. The highest BCUT2D eigenvalue weighted by Crippen LogP contribution is 2.26. The van der Waals surface area contributed by atoms with Crippen LogP contribution in [0.5, 0.6) is 0 Å². The molecule has 1 saturated heterocycles. The first-order valence-corrected chi connectivity index (χ1v) is 31.1. The van der Waals surface area contributed by atoms with Gasteiger partial charge in [-0.2, -0.15) is 0 Å². The second-order valence-corrected chi connectivity index (χ2v) is 21.5. The van der Waals surface area contributed by atoms with Gasteiger partial charge < -0.3 is 45.1 Å². The van der Waals surface area contributed by atoms with Gasteiger partial charge in [0.15, 0.2) is 12.4 Å². The zero-order valence-electron chi connectivity index (χ0n) is 48.2. The molecule has 8 atom stereocenters. The number of amides is 1. The van der Waals surface area contributed by atoms with Gasteiger partial charge in [0.25, 0.3) is 0 Å². The van der Waals surface area contributed by atoms with E-state index in [1.165, 1.54) is 128 Å². The van der Waals surface area contributed by atoms with Crippen LogP contribution in [0.3, 0.4) is 0 Å². The van der Waals surface area contributed by atoms with Crippen LogP contribution in [0.4, 0.5) is 0 Å². The number of carbonyl (C=O) groups is 2. The summed E-state index contributed by atoms with van der Waals surface area (Å²) in [5.41, 5.74) is 0. The average molecular weight is 1060 g/mol. The molecule has 1 rings (SSSR count). The molecule has 6 N–H and O–H groups in total. The maximum absolute atomic E-state index is 13.4. The summed E-state index contributed by atoms with van der Waals surface area (Å²) in [5, 5.41) is 57.0. The lowest BCUT2D eigenvalue weighted by atomic mass is 9.99. The topological polar surface area (TPSA) is 175 Å². The van der Waals surface area contributed by atoms with Crippen LogP contribution in [0, 0.1) is 0 Å². The van der Waals surface area contributed by atoms with Crippen LogP contribution < -0.4 is 5.32 Å². The van der Waals surface area contributed by atoms with Gasteiger partial charge in [0, 0.05) is 6.42 Å². The maximum Gasteiger partial charge on any atom is 0.306 e. The lowest BCUT2D eigenvalue weighted by Gasteiger charge is -2.41. The Balaban J connectivity index is 2.71. The minimum absolute atomic E-state index is 0.109. The van der Waals surface area contributed by atoms with E-state index in [-0.39, 0.29) is 19.4 Å². The summed E-state index contributed by atoms with van der Waals surface area (Å²) in [6.45, 7) is 5.73. The van der Waals surface area contributed by atoms with Crippen molar-refractivity contribution in [3.05, 3.63) is 60.8 Å². The third-order valence-corrected chi connectivity index (χ3v) is 14.4. The van der Waals surface area contributed by atoms with Crippen LogP contribution in [0.1, 0.15) is 271 Å². The third-order valence-electron chi connectivity index (χ3n) is 14.4. The van der Waals surface area contributed by atoms with Gasteiger partial charge in [-0.1, -0.05) is 242 Å². The normalized spacial score (nSPS) is 19.6. The van der Waals surface area contributed by atoms with Gasteiger partial charge in [-0.15, -0.1) is 0 Å². The van der Waals surface area contributed by atoms with E-state index in [4.69, 9.17) is 14.2 Å². The Morgan fingerprint density at radius 2 is 0.960 bits per heavy atom. The van der Waals surface area contributed by atoms with Crippen LogP contribution in [0.25, 0.3) is 0 Å². The first-order chi connectivity index (χ1) is 36.7. The van der Waals surface area contributed by atoms with Gasteiger partial charge in [-0.05, 0) is 83.5 Å². The summed E-state index contributed by atoms with van der Waals surface area (Å²) in [7, 11) is 0. The molecule has 11 nitrogen and oxygen atoms in total. The molecule has 11 heteroatoms. The number of hydrogen-bond acceptors (Lipinski definition) is 10. The standard InChI is InChI=1S/C64H115NO10/c1-4-7-10-13-16-19-22-25-27-28-29-31-33-36-39-42-45-48-51-57(68)63(72)65-55(56(67)50-47-44-41-38-35-32-24-21-18-15-12-9-6-3)54-73-64-62(61(71)60(70)58(53-66)74-64)75-59(69)52-49-46-43-40-37-34-30-26-23-20-17-14-11-8-5-2/h16-17,19-20,23,25-27,47,50,55-58,60-62,64,66-68,70-71H,4-15,18,21-22,24,28-46,48-49,51-54H2,1-3H3,(H,65,72)/b19-16-,20-17+,26-23+,27-25-,50-47+. The Labute approximate surface area is 458 Å². The Bertz CT molecular complexity index is 1450. The van der Waals surface area contributed by atoms with Crippen molar-refractivity contribution in [2.24, 2.45) is 0 Å². The first kappa shape index (κ1) is 70.4. The van der Waals surface area contributed by atoms with Gasteiger partial charge in [0.2, 0.25) is 5.91 Å². The molecule has 436 valence electrons. The summed E-state index contributed by atoms with van der Waals surface area (Å²) >= 11 is 0. The van der Waals surface area contributed by atoms with Gasteiger partial charge in [-0.25, -0.2) is 0 Å². The molecular formula is C64H115NO10. The SMILES string of the molecule is CCCCC/C=C\C/C=C\CCCCCCCCCCC(O)C(=O)NC(COC1OC(CO)C(O)C(O)C1OC(=O)CCCCCCCC/C=C/C=C/CCCCC)C(O)/C=C/CCCCCCCCCCCCC. The number of allylic oxidation sites excluding steroid dienone is 9. The van der Waals surface area contributed by atoms with Crippen LogP contribution >= 0.6 is 0 Å². The fourth-order valence-corrected chi connectivity index (χ4v) is 9.44. The van der Waals surface area contributed by atoms with Crippen LogP contribution in [-0.4, -0.2) is 99.6 Å². The fraction of sp³-hybridized carbons (Fsp3) is 0.812. The van der Waals surface area contributed by atoms with Crippen LogP contribution in [0.15, 0.2) is 60.8 Å².